The Labute approximate surface area is 213 Å². The lowest BCUT2D eigenvalue weighted by Crippen LogP contribution is -2.10. The van der Waals surface area contributed by atoms with Crippen molar-refractivity contribution >= 4 is 38.4 Å². The molecular weight excluding hydrogens is 538 g/mol. The minimum absolute atomic E-state index is 0.0646. The Kier molecular flexibility index (Phi) is 6.84. The van der Waals surface area contributed by atoms with Crippen LogP contribution in [0.2, 0.25) is 0 Å². The predicted molar refractivity (Wildman–Crippen MR) is 132 cm³/mol. The Morgan fingerprint density at radius 2 is 1.69 bits per heavy atom. The highest BCUT2D eigenvalue weighted by Gasteiger charge is 2.26. The molecule has 0 atom stereocenters. The summed E-state index contributed by atoms with van der Waals surface area (Å²) < 4.78 is 25.0. The van der Waals surface area contributed by atoms with Gasteiger partial charge < -0.3 is 29.1 Å². The predicted octanol–water partition coefficient (Wildman–Crippen LogP) is 3.75. The fraction of sp³-hybridized carbons (Fsp3) is 0.261. The van der Waals surface area contributed by atoms with Gasteiger partial charge in [0.15, 0.2) is 11.5 Å². The largest absolute Gasteiger partial charge is 0.495 e. The van der Waals surface area contributed by atoms with Gasteiger partial charge in [0.1, 0.15) is 24.2 Å². The van der Waals surface area contributed by atoms with Gasteiger partial charge >= 0.3 is 5.82 Å². The summed E-state index contributed by atoms with van der Waals surface area (Å²) in [5.41, 5.74) is 0.998. The number of halogens is 1. The standard InChI is InChI=1S/C23H22BrN5O7/c1-27-17(25-10-18(27)29(31)32)11-28-21-13(6-7-14(33-2)19(21)24)20(26-28)22(30)12-8-15(34-3)23(36-5)16(9-12)35-4/h6-10H,11H2,1-5H3. The van der Waals surface area contributed by atoms with Crippen molar-refractivity contribution in [1.82, 2.24) is 19.3 Å². The summed E-state index contributed by atoms with van der Waals surface area (Å²) in [4.78, 5) is 28.6. The number of nitrogens with zero attached hydrogens (tertiary/aromatic N) is 5. The van der Waals surface area contributed by atoms with Crippen molar-refractivity contribution in [2.75, 3.05) is 28.4 Å². The molecule has 12 nitrogen and oxygen atoms in total. The van der Waals surface area contributed by atoms with Gasteiger partial charge in [-0.25, -0.2) is 9.55 Å². The Bertz CT molecular complexity index is 1470. The van der Waals surface area contributed by atoms with Gasteiger partial charge in [-0.2, -0.15) is 5.10 Å². The van der Waals surface area contributed by atoms with Crippen LogP contribution in [0, 0.1) is 10.1 Å². The quantitative estimate of drug-likeness (QED) is 0.171. The van der Waals surface area contributed by atoms with Gasteiger partial charge in [0.25, 0.3) is 0 Å². The first-order chi connectivity index (χ1) is 17.2. The normalized spacial score (nSPS) is 10.9. The maximum atomic E-state index is 13.7. The monoisotopic (exact) mass is 559 g/mol. The van der Waals surface area contributed by atoms with E-state index in [0.717, 1.165) is 0 Å². The molecule has 0 radical (unpaired) electrons. The maximum absolute atomic E-state index is 13.7. The van der Waals surface area contributed by atoms with Gasteiger partial charge in [-0.3, -0.25) is 9.48 Å². The summed E-state index contributed by atoms with van der Waals surface area (Å²) in [5.74, 6) is 1.37. The van der Waals surface area contributed by atoms with E-state index >= 15 is 0 Å². The molecule has 4 aromatic rings. The number of benzene rings is 2. The van der Waals surface area contributed by atoms with Crippen molar-refractivity contribution in [1.29, 1.82) is 0 Å². The smallest absolute Gasteiger partial charge is 0.342 e. The lowest BCUT2D eigenvalue weighted by molar-refractivity contribution is -0.391. The van der Waals surface area contributed by atoms with Crippen LogP contribution < -0.4 is 18.9 Å². The number of imidazole rings is 1. The second kappa shape index (κ2) is 9.85. The van der Waals surface area contributed by atoms with Gasteiger partial charge in [-0.15, -0.1) is 0 Å². The lowest BCUT2D eigenvalue weighted by atomic mass is 10.0. The number of carbonyl (C=O) groups is 1. The van der Waals surface area contributed by atoms with Crippen LogP contribution >= 0.6 is 15.9 Å². The first-order valence-corrected chi connectivity index (χ1v) is 11.3. The number of rotatable bonds is 9. The number of methoxy groups -OCH3 is 4. The zero-order chi connectivity index (χ0) is 26.1. The highest BCUT2D eigenvalue weighted by Crippen LogP contribution is 2.40. The van der Waals surface area contributed by atoms with E-state index in [-0.39, 0.29) is 29.4 Å². The zero-order valence-electron chi connectivity index (χ0n) is 20.1. The van der Waals surface area contributed by atoms with E-state index in [2.05, 4.69) is 26.0 Å². The molecule has 0 fully saturated rings. The molecule has 36 heavy (non-hydrogen) atoms. The van der Waals surface area contributed by atoms with Crippen molar-refractivity contribution in [3.8, 4) is 23.0 Å². The van der Waals surface area contributed by atoms with Gasteiger partial charge in [0.2, 0.25) is 17.4 Å². The van der Waals surface area contributed by atoms with Crippen LogP contribution in [-0.2, 0) is 13.6 Å². The number of hydrogen-bond donors (Lipinski definition) is 0. The molecule has 0 saturated heterocycles. The topological polar surface area (TPSA) is 133 Å². The van der Waals surface area contributed by atoms with Crippen LogP contribution in [0.5, 0.6) is 23.0 Å². The van der Waals surface area contributed by atoms with Gasteiger partial charge in [0.05, 0.1) is 45.5 Å². The summed E-state index contributed by atoms with van der Waals surface area (Å²) >= 11 is 3.55. The highest BCUT2D eigenvalue weighted by molar-refractivity contribution is 9.10. The second-order valence-corrected chi connectivity index (χ2v) is 8.37. The Balaban J connectivity index is 1.89. The first kappa shape index (κ1) is 25.0. The van der Waals surface area contributed by atoms with Crippen molar-refractivity contribution in [3.05, 3.63) is 62.1 Å². The molecule has 0 unspecified atom stereocenters. The fourth-order valence-electron chi connectivity index (χ4n) is 3.89. The lowest BCUT2D eigenvalue weighted by Gasteiger charge is -2.13. The van der Waals surface area contributed by atoms with Gasteiger partial charge in [0, 0.05) is 10.9 Å². The molecule has 0 N–H and O–H groups in total. The fourth-order valence-corrected chi connectivity index (χ4v) is 4.60. The third kappa shape index (κ3) is 4.11. The Morgan fingerprint density at radius 3 is 2.22 bits per heavy atom. The third-order valence-electron chi connectivity index (χ3n) is 5.71. The van der Waals surface area contributed by atoms with E-state index in [1.54, 1.807) is 36.0 Å². The van der Waals surface area contributed by atoms with Crippen LogP contribution in [0.4, 0.5) is 5.82 Å². The average molecular weight is 560 g/mol. The molecule has 0 bridgehead atoms. The van der Waals surface area contributed by atoms with E-state index in [1.165, 1.54) is 39.2 Å². The molecule has 4 rings (SSSR count). The SMILES string of the molecule is COc1cc(C(=O)c2nn(Cc3ncc([N+](=O)[O-])n3C)c3c(Br)c(OC)ccc23)cc(OC)c1OC. The van der Waals surface area contributed by atoms with Crippen molar-refractivity contribution < 1.29 is 28.7 Å². The summed E-state index contributed by atoms with van der Waals surface area (Å²) in [6, 6.07) is 6.55. The van der Waals surface area contributed by atoms with Crippen molar-refractivity contribution in [3.63, 3.8) is 0 Å². The minimum Gasteiger partial charge on any atom is -0.495 e. The molecule has 0 spiro atoms. The van der Waals surface area contributed by atoms with E-state index in [4.69, 9.17) is 18.9 Å². The molecule has 0 aliphatic heterocycles. The van der Waals surface area contributed by atoms with Crippen molar-refractivity contribution in [2.24, 2.45) is 7.05 Å². The number of hydrogen-bond acceptors (Lipinski definition) is 9. The minimum atomic E-state index is -0.518. The second-order valence-electron chi connectivity index (χ2n) is 7.58. The van der Waals surface area contributed by atoms with Crippen LogP contribution in [0.25, 0.3) is 10.9 Å². The molecule has 2 aromatic heterocycles. The molecule has 0 amide bonds. The number of carbonyl (C=O) groups excluding carboxylic acids is 1. The molecule has 0 aliphatic rings. The molecule has 2 aromatic carbocycles. The van der Waals surface area contributed by atoms with Gasteiger partial charge in [-0.05, 0) is 45.1 Å². The maximum Gasteiger partial charge on any atom is 0.342 e. The van der Waals surface area contributed by atoms with Crippen LogP contribution in [0.3, 0.4) is 0 Å². The first-order valence-electron chi connectivity index (χ1n) is 10.5. The summed E-state index contributed by atoms with van der Waals surface area (Å²) in [7, 11) is 7.47. The average Bonchev–Trinajstić information content (AvgIpc) is 3.43. The zero-order valence-corrected chi connectivity index (χ0v) is 21.7. The van der Waals surface area contributed by atoms with Crippen molar-refractivity contribution in [2.45, 2.75) is 6.54 Å². The number of fused-ring (bicyclic) bond motifs is 1. The molecule has 13 heteroatoms. The van der Waals surface area contributed by atoms with Crippen LogP contribution in [-0.4, -0.2) is 58.5 Å². The highest BCUT2D eigenvalue weighted by atomic mass is 79.9. The summed E-state index contributed by atoms with van der Waals surface area (Å²) in [6.07, 6.45) is 1.18. The van der Waals surface area contributed by atoms with Crippen LogP contribution in [0.15, 0.2) is 34.9 Å². The summed E-state index contributed by atoms with van der Waals surface area (Å²) in [6.45, 7) is 0.0646. The van der Waals surface area contributed by atoms with E-state index in [9.17, 15) is 14.9 Å². The molecule has 0 saturated carbocycles. The third-order valence-corrected chi connectivity index (χ3v) is 6.48. The van der Waals surface area contributed by atoms with Crippen LogP contribution in [0.1, 0.15) is 21.9 Å². The van der Waals surface area contributed by atoms with E-state index in [1.807, 2.05) is 0 Å². The number of aromatic nitrogens is 4. The number of ether oxygens (including phenoxy) is 4. The van der Waals surface area contributed by atoms with E-state index in [0.29, 0.717) is 44.2 Å². The Morgan fingerprint density at radius 1 is 1.06 bits per heavy atom. The van der Waals surface area contributed by atoms with Gasteiger partial charge in [-0.1, -0.05) is 0 Å². The summed E-state index contributed by atoms with van der Waals surface area (Å²) in [5, 5.41) is 16.4. The number of ketones is 1. The number of nitro groups is 1. The Hall–Kier alpha value is -4.13. The van der Waals surface area contributed by atoms with E-state index < -0.39 is 4.92 Å². The molecule has 2 heterocycles. The molecule has 0 aliphatic carbocycles. The molecular formula is C23H22BrN5O7. The molecule has 188 valence electrons.